The van der Waals surface area contributed by atoms with E-state index in [1.165, 1.54) is 0 Å². The first-order valence-electron chi connectivity index (χ1n) is 6.34. The summed E-state index contributed by atoms with van der Waals surface area (Å²) < 4.78 is 9.54. The summed E-state index contributed by atoms with van der Waals surface area (Å²) in [6.07, 6.45) is 1.23. The Bertz CT molecular complexity index is 505. The first-order chi connectivity index (χ1) is 9.47. The minimum atomic E-state index is -0.868. The first kappa shape index (κ1) is 15.3. The van der Waals surface area contributed by atoms with Crippen LogP contribution in [0.15, 0.2) is 18.2 Å². The number of methoxy groups -OCH3 is 2. The molecule has 110 valence electrons. The number of nitrogens with one attached hydrogen (secondary N) is 1. The zero-order chi connectivity index (χ0) is 14.8. The van der Waals surface area contributed by atoms with Gasteiger partial charge in [-0.25, -0.2) is 0 Å². The molecule has 1 fully saturated rings. The van der Waals surface area contributed by atoms with E-state index in [2.05, 4.69) is 5.32 Å². The number of carbonyl (C=O) groups is 1. The predicted octanol–water partition coefficient (Wildman–Crippen LogP) is 2.56. The van der Waals surface area contributed by atoms with Crippen LogP contribution in [0.25, 0.3) is 0 Å². The maximum absolute atomic E-state index is 11.7. The number of hydrogen-bond donors (Lipinski definition) is 1. The number of halogens is 2. The Balaban J connectivity index is 1.84. The zero-order valence-corrected chi connectivity index (χ0v) is 12.9. The highest BCUT2D eigenvalue weighted by Gasteiger charge is 2.56. The molecule has 4 nitrogen and oxygen atoms in total. The average molecular weight is 318 g/mol. The van der Waals surface area contributed by atoms with Crippen molar-refractivity contribution in [3.8, 4) is 11.5 Å². The molecule has 0 bridgehead atoms. The molecule has 1 amide bonds. The molecule has 1 N–H and O–H groups in total. The number of hydrogen-bond acceptors (Lipinski definition) is 3. The molecule has 0 aromatic heterocycles. The van der Waals surface area contributed by atoms with Crippen LogP contribution < -0.4 is 14.8 Å². The molecule has 0 saturated heterocycles. The first-order valence-corrected chi connectivity index (χ1v) is 7.10. The molecule has 1 aliphatic rings. The minimum absolute atomic E-state index is 0.0875. The van der Waals surface area contributed by atoms with Crippen LogP contribution in [0.2, 0.25) is 0 Å². The summed E-state index contributed by atoms with van der Waals surface area (Å²) in [5.74, 6) is 0.998. The Labute approximate surface area is 128 Å². The minimum Gasteiger partial charge on any atom is -0.493 e. The van der Waals surface area contributed by atoms with Gasteiger partial charge in [-0.3, -0.25) is 4.79 Å². The molecule has 1 saturated carbocycles. The van der Waals surface area contributed by atoms with E-state index < -0.39 is 4.33 Å². The van der Waals surface area contributed by atoms with Gasteiger partial charge in [0.15, 0.2) is 11.5 Å². The van der Waals surface area contributed by atoms with Crippen molar-refractivity contribution < 1.29 is 14.3 Å². The van der Waals surface area contributed by atoms with Gasteiger partial charge in [0.05, 0.1) is 20.1 Å². The highest BCUT2D eigenvalue weighted by Crippen LogP contribution is 2.53. The predicted molar refractivity (Wildman–Crippen MR) is 78.8 cm³/mol. The van der Waals surface area contributed by atoms with Gasteiger partial charge in [-0.05, 0) is 30.5 Å². The molecular weight excluding hydrogens is 301 g/mol. The number of benzene rings is 1. The Morgan fingerprint density at radius 3 is 2.55 bits per heavy atom. The zero-order valence-electron chi connectivity index (χ0n) is 11.4. The van der Waals surface area contributed by atoms with Crippen molar-refractivity contribution >= 4 is 29.1 Å². The SMILES string of the molecule is COc1ccc(CCNC(=O)C2CC2(Cl)Cl)cc1OC. The van der Waals surface area contributed by atoms with Gasteiger partial charge >= 0.3 is 0 Å². The lowest BCUT2D eigenvalue weighted by Crippen LogP contribution is -2.28. The topological polar surface area (TPSA) is 47.6 Å². The van der Waals surface area contributed by atoms with Crippen LogP contribution in [0, 0.1) is 5.92 Å². The molecule has 20 heavy (non-hydrogen) atoms. The monoisotopic (exact) mass is 317 g/mol. The molecule has 1 aromatic rings. The van der Waals surface area contributed by atoms with Crippen LogP contribution in [-0.4, -0.2) is 31.0 Å². The van der Waals surface area contributed by atoms with E-state index in [9.17, 15) is 4.79 Å². The van der Waals surface area contributed by atoms with Gasteiger partial charge in [0.25, 0.3) is 0 Å². The lowest BCUT2D eigenvalue weighted by atomic mass is 10.1. The lowest BCUT2D eigenvalue weighted by molar-refractivity contribution is -0.122. The molecule has 1 aromatic carbocycles. The molecule has 2 rings (SSSR count). The van der Waals surface area contributed by atoms with E-state index in [1.807, 2.05) is 18.2 Å². The van der Waals surface area contributed by atoms with Gasteiger partial charge in [0.2, 0.25) is 5.91 Å². The second-order valence-corrected chi connectivity index (χ2v) is 6.29. The second kappa shape index (κ2) is 6.10. The maximum Gasteiger partial charge on any atom is 0.226 e. The number of ether oxygens (including phenoxy) is 2. The van der Waals surface area contributed by atoms with Crippen molar-refractivity contribution in [2.75, 3.05) is 20.8 Å². The summed E-state index contributed by atoms with van der Waals surface area (Å²) in [5, 5.41) is 2.83. The van der Waals surface area contributed by atoms with Crippen molar-refractivity contribution in [3.05, 3.63) is 23.8 Å². The van der Waals surface area contributed by atoms with Gasteiger partial charge in [-0.1, -0.05) is 6.07 Å². The fourth-order valence-corrected chi connectivity index (χ4v) is 2.49. The van der Waals surface area contributed by atoms with Gasteiger partial charge in [-0.15, -0.1) is 23.2 Å². The van der Waals surface area contributed by atoms with Crippen LogP contribution in [0.4, 0.5) is 0 Å². The maximum atomic E-state index is 11.7. The third-order valence-corrected chi connectivity index (χ3v) is 4.14. The van der Waals surface area contributed by atoms with Crippen LogP contribution in [0.3, 0.4) is 0 Å². The van der Waals surface area contributed by atoms with Gasteiger partial charge in [-0.2, -0.15) is 0 Å². The molecular formula is C14H17Cl2NO3. The van der Waals surface area contributed by atoms with E-state index in [0.29, 0.717) is 30.9 Å². The molecule has 1 atom stereocenters. The van der Waals surface area contributed by atoms with E-state index in [4.69, 9.17) is 32.7 Å². The smallest absolute Gasteiger partial charge is 0.226 e. The molecule has 0 spiro atoms. The van der Waals surface area contributed by atoms with E-state index in [-0.39, 0.29) is 11.8 Å². The largest absolute Gasteiger partial charge is 0.493 e. The van der Waals surface area contributed by atoms with E-state index in [0.717, 1.165) is 5.56 Å². The van der Waals surface area contributed by atoms with Crippen molar-refractivity contribution in [2.24, 2.45) is 5.92 Å². The Hall–Kier alpha value is -1.13. The molecule has 1 aliphatic carbocycles. The molecule has 0 heterocycles. The molecule has 6 heteroatoms. The Kier molecular flexibility index (Phi) is 4.66. The van der Waals surface area contributed by atoms with Crippen molar-refractivity contribution in [1.82, 2.24) is 5.32 Å². The fourth-order valence-electron chi connectivity index (χ4n) is 1.99. The van der Waals surface area contributed by atoms with E-state index in [1.54, 1.807) is 14.2 Å². The second-order valence-electron chi connectivity index (χ2n) is 4.75. The third kappa shape index (κ3) is 3.49. The molecule has 0 aliphatic heterocycles. The third-order valence-electron chi connectivity index (χ3n) is 3.30. The number of amides is 1. The van der Waals surface area contributed by atoms with E-state index >= 15 is 0 Å². The van der Waals surface area contributed by atoms with Crippen molar-refractivity contribution in [2.45, 2.75) is 17.2 Å². The number of rotatable bonds is 6. The standard InChI is InChI=1S/C14H17Cl2NO3/c1-19-11-4-3-9(7-12(11)20-2)5-6-17-13(18)10-8-14(10,15)16/h3-4,7,10H,5-6,8H2,1-2H3,(H,17,18). The summed E-state index contributed by atoms with van der Waals surface area (Å²) in [5.41, 5.74) is 1.06. The summed E-state index contributed by atoms with van der Waals surface area (Å²) in [4.78, 5) is 11.7. The molecule has 0 radical (unpaired) electrons. The molecule has 1 unspecified atom stereocenters. The number of alkyl halides is 2. The fraction of sp³-hybridized carbons (Fsp3) is 0.500. The highest BCUT2D eigenvalue weighted by molar-refractivity contribution is 6.52. The number of carbonyl (C=O) groups excluding carboxylic acids is 1. The van der Waals surface area contributed by atoms with Crippen molar-refractivity contribution in [3.63, 3.8) is 0 Å². The van der Waals surface area contributed by atoms with Crippen LogP contribution in [0.1, 0.15) is 12.0 Å². The van der Waals surface area contributed by atoms with Crippen LogP contribution in [0.5, 0.6) is 11.5 Å². The summed E-state index contributed by atoms with van der Waals surface area (Å²) in [7, 11) is 3.19. The highest BCUT2D eigenvalue weighted by atomic mass is 35.5. The lowest BCUT2D eigenvalue weighted by Gasteiger charge is -2.10. The normalized spacial score (nSPS) is 19.3. The Morgan fingerprint density at radius 2 is 2.00 bits per heavy atom. The van der Waals surface area contributed by atoms with Crippen LogP contribution in [-0.2, 0) is 11.2 Å². The quantitative estimate of drug-likeness (QED) is 0.820. The van der Waals surface area contributed by atoms with Crippen molar-refractivity contribution in [1.29, 1.82) is 0 Å². The van der Waals surface area contributed by atoms with Gasteiger partial charge in [0.1, 0.15) is 4.33 Å². The summed E-state index contributed by atoms with van der Waals surface area (Å²) in [6.45, 7) is 0.536. The summed E-state index contributed by atoms with van der Waals surface area (Å²) >= 11 is 11.7. The summed E-state index contributed by atoms with van der Waals surface area (Å²) in [6, 6.07) is 5.69. The van der Waals surface area contributed by atoms with Crippen LogP contribution >= 0.6 is 23.2 Å². The average Bonchev–Trinajstić information content (AvgIpc) is 3.07. The Morgan fingerprint density at radius 1 is 1.35 bits per heavy atom. The van der Waals surface area contributed by atoms with Gasteiger partial charge in [0, 0.05) is 6.54 Å². The van der Waals surface area contributed by atoms with Gasteiger partial charge < -0.3 is 14.8 Å².